The van der Waals surface area contributed by atoms with Crippen LogP contribution in [0.2, 0.25) is 0 Å². The second kappa shape index (κ2) is 25.2. The Hall–Kier alpha value is -1.10. The molecular formula is C32H62O5. The van der Waals surface area contributed by atoms with Crippen LogP contribution in [0.15, 0.2) is 0 Å². The van der Waals surface area contributed by atoms with Gasteiger partial charge >= 0.3 is 11.9 Å². The molecule has 0 amide bonds. The third-order valence-electron chi connectivity index (χ3n) is 7.83. The molecule has 2 unspecified atom stereocenters. The Morgan fingerprint density at radius 2 is 0.946 bits per heavy atom. The van der Waals surface area contributed by atoms with E-state index in [9.17, 15) is 19.8 Å². The lowest BCUT2D eigenvalue weighted by Gasteiger charge is -2.35. The summed E-state index contributed by atoms with van der Waals surface area (Å²) in [5, 5.41) is 20.5. The van der Waals surface area contributed by atoms with E-state index in [1.807, 2.05) is 0 Å². The maximum absolute atomic E-state index is 12.6. The van der Waals surface area contributed by atoms with Crippen molar-refractivity contribution in [3.8, 4) is 0 Å². The lowest BCUT2D eigenvalue weighted by Crippen LogP contribution is -2.51. The normalized spacial score (nSPS) is 13.9. The number of ether oxygens (including phenoxy) is 1. The Morgan fingerprint density at radius 3 is 1.35 bits per heavy atom. The molecule has 0 fully saturated rings. The minimum Gasteiger partial charge on any atom is -0.481 e. The highest BCUT2D eigenvalue weighted by Crippen LogP contribution is 2.34. The summed E-state index contributed by atoms with van der Waals surface area (Å²) in [5.74, 6) is -3.10. The summed E-state index contributed by atoms with van der Waals surface area (Å²) >= 11 is 0. The maximum Gasteiger partial charge on any atom is 0.336 e. The van der Waals surface area contributed by atoms with Gasteiger partial charge < -0.3 is 14.9 Å². The van der Waals surface area contributed by atoms with Crippen molar-refractivity contribution < 1.29 is 24.5 Å². The van der Waals surface area contributed by atoms with Crippen LogP contribution in [0, 0.1) is 5.92 Å². The first-order valence-electron chi connectivity index (χ1n) is 16.1. The largest absolute Gasteiger partial charge is 0.481 e. The van der Waals surface area contributed by atoms with Gasteiger partial charge in [0.1, 0.15) is 0 Å². The molecule has 0 heterocycles. The number of carbonyl (C=O) groups is 2. The average molecular weight is 527 g/mol. The molecule has 5 nitrogen and oxygen atoms in total. The van der Waals surface area contributed by atoms with E-state index in [2.05, 4.69) is 20.8 Å². The monoisotopic (exact) mass is 526 g/mol. The van der Waals surface area contributed by atoms with Gasteiger partial charge in [0.25, 0.3) is 0 Å². The molecule has 0 spiro atoms. The topological polar surface area (TPSA) is 83.8 Å². The molecule has 37 heavy (non-hydrogen) atoms. The minimum atomic E-state index is -1.61. The summed E-state index contributed by atoms with van der Waals surface area (Å²) in [6, 6.07) is 0. The highest BCUT2D eigenvalue weighted by molar-refractivity contribution is 5.85. The lowest BCUT2D eigenvalue weighted by atomic mass is 9.79. The number of hydrogen-bond donors (Lipinski definition) is 2. The lowest BCUT2D eigenvalue weighted by molar-refractivity contribution is -0.186. The Labute approximate surface area is 229 Å². The fraction of sp³-hybridized carbons (Fsp3) is 0.938. The molecule has 220 valence electrons. The van der Waals surface area contributed by atoms with Crippen molar-refractivity contribution in [2.45, 2.75) is 180 Å². The van der Waals surface area contributed by atoms with Crippen LogP contribution in [0.5, 0.6) is 0 Å². The third kappa shape index (κ3) is 17.9. The molecule has 0 saturated carbocycles. The maximum atomic E-state index is 12.6. The molecule has 0 aliphatic carbocycles. The Kier molecular flexibility index (Phi) is 24.4. The standard InChI is InChI=1S/C32H62O5/c1-4-7-10-13-16-17-18-19-21-24-27-32(31(35)36,37-28-25-22-15-12-9-6-3)29(30(33)34)26-23-20-14-11-8-5-2/h29H,4-28H2,1-3H3,(H,33,34)(H,35,36). The van der Waals surface area contributed by atoms with E-state index >= 15 is 0 Å². The van der Waals surface area contributed by atoms with Crippen LogP contribution in [0.1, 0.15) is 175 Å². The molecule has 2 N–H and O–H groups in total. The van der Waals surface area contributed by atoms with E-state index in [4.69, 9.17) is 4.74 Å². The van der Waals surface area contributed by atoms with E-state index in [0.29, 0.717) is 25.9 Å². The zero-order valence-electron chi connectivity index (χ0n) is 24.9. The van der Waals surface area contributed by atoms with Crippen molar-refractivity contribution in [3.05, 3.63) is 0 Å². The first-order valence-corrected chi connectivity index (χ1v) is 16.1. The number of carboxylic acid groups (broad SMARTS) is 2. The highest BCUT2D eigenvalue weighted by atomic mass is 16.5. The molecule has 0 aromatic carbocycles. The summed E-state index contributed by atoms with van der Waals surface area (Å²) in [7, 11) is 0. The summed E-state index contributed by atoms with van der Waals surface area (Å²) in [5.41, 5.74) is -1.61. The van der Waals surface area contributed by atoms with Crippen molar-refractivity contribution in [1.29, 1.82) is 0 Å². The fourth-order valence-corrected chi connectivity index (χ4v) is 5.36. The van der Waals surface area contributed by atoms with Gasteiger partial charge in [0.2, 0.25) is 0 Å². The number of hydrogen-bond acceptors (Lipinski definition) is 3. The number of aliphatic carboxylic acids is 2. The van der Waals surface area contributed by atoms with Crippen molar-refractivity contribution in [3.63, 3.8) is 0 Å². The minimum absolute atomic E-state index is 0.293. The number of carboxylic acids is 2. The zero-order valence-corrected chi connectivity index (χ0v) is 24.9. The Bertz CT molecular complexity index is 535. The third-order valence-corrected chi connectivity index (χ3v) is 7.83. The molecule has 0 bridgehead atoms. The van der Waals surface area contributed by atoms with Crippen LogP contribution in [0.25, 0.3) is 0 Å². The van der Waals surface area contributed by atoms with Gasteiger partial charge in [0.15, 0.2) is 5.60 Å². The molecular weight excluding hydrogens is 464 g/mol. The van der Waals surface area contributed by atoms with E-state index in [0.717, 1.165) is 57.8 Å². The number of unbranched alkanes of at least 4 members (excludes halogenated alkanes) is 19. The first-order chi connectivity index (χ1) is 18.0. The summed E-state index contributed by atoms with van der Waals surface area (Å²) in [6.45, 7) is 6.93. The predicted octanol–water partition coefficient (Wildman–Crippen LogP) is 9.95. The Balaban J connectivity index is 4.96. The van der Waals surface area contributed by atoms with Crippen LogP contribution >= 0.6 is 0 Å². The molecule has 0 rings (SSSR count). The van der Waals surface area contributed by atoms with Gasteiger partial charge in [-0.1, -0.05) is 149 Å². The van der Waals surface area contributed by atoms with Gasteiger partial charge in [-0.15, -0.1) is 0 Å². The number of rotatable bonds is 29. The van der Waals surface area contributed by atoms with E-state index in [-0.39, 0.29) is 0 Å². The SMILES string of the molecule is CCCCCCCCCCCCC(OCCCCCCCC)(C(=O)O)C(CCCCCCCC)C(=O)O. The second-order valence-electron chi connectivity index (χ2n) is 11.2. The molecule has 0 saturated heterocycles. The van der Waals surface area contributed by atoms with Crippen molar-refractivity contribution in [1.82, 2.24) is 0 Å². The highest BCUT2D eigenvalue weighted by Gasteiger charge is 2.50. The quantitative estimate of drug-likeness (QED) is 0.0947. The molecule has 2 atom stereocenters. The molecule has 0 aliphatic rings. The molecule has 0 aromatic heterocycles. The van der Waals surface area contributed by atoms with Gasteiger partial charge in [0, 0.05) is 6.61 Å². The van der Waals surface area contributed by atoms with Crippen LogP contribution < -0.4 is 0 Å². The van der Waals surface area contributed by atoms with Gasteiger partial charge in [-0.05, 0) is 25.7 Å². The summed E-state index contributed by atoms with van der Waals surface area (Å²) in [4.78, 5) is 25.0. The zero-order chi connectivity index (χ0) is 27.6. The van der Waals surface area contributed by atoms with Crippen molar-refractivity contribution in [2.24, 2.45) is 5.92 Å². The smallest absolute Gasteiger partial charge is 0.336 e. The van der Waals surface area contributed by atoms with Crippen molar-refractivity contribution in [2.75, 3.05) is 6.61 Å². The molecule has 0 aliphatic heterocycles. The van der Waals surface area contributed by atoms with E-state index in [1.54, 1.807) is 0 Å². The second-order valence-corrected chi connectivity index (χ2v) is 11.2. The van der Waals surface area contributed by atoms with Crippen molar-refractivity contribution >= 4 is 11.9 Å². The summed E-state index contributed by atoms with van der Waals surface area (Å²) in [6.07, 6.45) is 25.1. The van der Waals surface area contributed by atoms with Gasteiger partial charge in [-0.2, -0.15) is 0 Å². The van der Waals surface area contributed by atoms with Gasteiger partial charge in [0.05, 0.1) is 5.92 Å². The van der Waals surface area contributed by atoms with Crippen LogP contribution in [-0.4, -0.2) is 34.4 Å². The molecule has 0 radical (unpaired) electrons. The van der Waals surface area contributed by atoms with Crippen LogP contribution in [-0.2, 0) is 14.3 Å². The van der Waals surface area contributed by atoms with Gasteiger partial charge in [-0.3, -0.25) is 4.79 Å². The summed E-state index contributed by atoms with van der Waals surface area (Å²) < 4.78 is 6.12. The van der Waals surface area contributed by atoms with Crippen LogP contribution in [0.4, 0.5) is 0 Å². The van der Waals surface area contributed by atoms with Gasteiger partial charge in [-0.25, -0.2) is 4.79 Å². The molecule has 0 aromatic rings. The van der Waals surface area contributed by atoms with E-state index in [1.165, 1.54) is 77.0 Å². The predicted molar refractivity (Wildman–Crippen MR) is 155 cm³/mol. The average Bonchev–Trinajstić information content (AvgIpc) is 2.87. The fourth-order valence-electron chi connectivity index (χ4n) is 5.36. The van der Waals surface area contributed by atoms with E-state index < -0.39 is 23.5 Å². The molecule has 5 heteroatoms. The first kappa shape index (κ1) is 35.9. The van der Waals surface area contributed by atoms with Crippen LogP contribution in [0.3, 0.4) is 0 Å². The Morgan fingerprint density at radius 1 is 0.568 bits per heavy atom.